The number of hydrogen-bond acceptors (Lipinski definition) is 2. The SMILES string of the molecule is Cc1cc(C(=O)N2C3CCC2C(C(=O)O)C3)ccc1Br. The zero-order valence-electron chi connectivity index (χ0n) is 11.2. The molecule has 0 saturated carbocycles. The van der Waals surface area contributed by atoms with E-state index in [1.54, 1.807) is 6.07 Å². The Kier molecular flexibility index (Phi) is 3.32. The Balaban J connectivity index is 1.88. The van der Waals surface area contributed by atoms with Crippen LogP contribution in [-0.2, 0) is 4.79 Å². The van der Waals surface area contributed by atoms with Crippen molar-refractivity contribution in [1.82, 2.24) is 4.90 Å². The molecule has 1 aromatic rings. The summed E-state index contributed by atoms with van der Waals surface area (Å²) in [7, 11) is 0. The van der Waals surface area contributed by atoms with Crippen molar-refractivity contribution < 1.29 is 14.7 Å². The summed E-state index contributed by atoms with van der Waals surface area (Å²) in [6.07, 6.45) is 2.33. The first-order valence-electron chi connectivity index (χ1n) is 6.80. The van der Waals surface area contributed by atoms with Gasteiger partial charge in [0.2, 0.25) is 0 Å². The van der Waals surface area contributed by atoms with E-state index in [4.69, 9.17) is 0 Å². The van der Waals surface area contributed by atoms with Gasteiger partial charge in [-0.25, -0.2) is 0 Å². The van der Waals surface area contributed by atoms with Gasteiger partial charge < -0.3 is 10.0 Å². The summed E-state index contributed by atoms with van der Waals surface area (Å²) >= 11 is 3.42. The van der Waals surface area contributed by atoms with Gasteiger partial charge in [-0.15, -0.1) is 0 Å². The predicted octanol–water partition coefficient (Wildman–Crippen LogP) is 2.84. The fourth-order valence-corrected chi connectivity index (χ4v) is 3.74. The second-order valence-electron chi connectivity index (χ2n) is 5.66. The Morgan fingerprint density at radius 3 is 2.70 bits per heavy atom. The lowest BCUT2D eigenvalue weighted by Crippen LogP contribution is -2.37. The van der Waals surface area contributed by atoms with Crippen LogP contribution < -0.4 is 0 Å². The lowest BCUT2D eigenvalue weighted by Gasteiger charge is -2.23. The molecule has 2 aliphatic rings. The van der Waals surface area contributed by atoms with Crippen LogP contribution in [0.2, 0.25) is 0 Å². The van der Waals surface area contributed by atoms with Crippen molar-refractivity contribution in [1.29, 1.82) is 0 Å². The van der Waals surface area contributed by atoms with Gasteiger partial charge in [0.25, 0.3) is 5.91 Å². The molecule has 3 atom stereocenters. The van der Waals surface area contributed by atoms with Gasteiger partial charge in [0, 0.05) is 22.1 Å². The molecule has 0 radical (unpaired) electrons. The molecule has 0 aliphatic carbocycles. The summed E-state index contributed by atoms with van der Waals surface area (Å²) in [6, 6.07) is 5.49. The van der Waals surface area contributed by atoms with Gasteiger partial charge in [-0.3, -0.25) is 9.59 Å². The van der Waals surface area contributed by atoms with Crippen LogP contribution in [0.1, 0.15) is 35.2 Å². The van der Waals surface area contributed by atoms with E-state index >= 15 is 0 Å². The maximum absolute atomic E-state index is 12.7. The van der Waals surface area contributed by atoms with E-state index in [1.165, 1.54) is 0 Å². The summed E-state index contributed by atoms with van der Waals surface area (Å²) in [5.41, 5.74) is 1.66. The Morgan fingerprint density at radius 1 is 1.35 bits per heavy atom. The van der Waals surface area contributed by atoms with Crippen molar-refractivity contribution in [3.8, 4) is 0 Å². The van der Waals surface area contributed by atoms with Crippen LogP contribution in [0.3, 0.4) is 0 Å². The summed E-state index contributed by atoms with van der Waals surface area (Å²) in [5, 5.41) is 9.24. The monoisotopic (exact) mass is 337 g/mol. The van der Waals surface area contributed by atoms with Gasteiger partial charge in [0.1, 0.15) is 0 Å². The van der Waals surface area contributed by atoms with Gasteiger partial charge in [-0.2, -0.15) is 0 Å². The third-order valence-corrected chi connectivity index (χ3v) is 5.38. The van der Waals surface area contributed by atoms with Crippen molar-refractivity contribution in [2.45, 2.75) is 38.3 Å². The molecule has 1 amide bonds. The van der Waals surface area contributed by atoms with Crippen LogP contribution in [0.25, 0.3) is 0 Å². The first kappa shape index (κ1) is 13.6. The van der Waals surface area contributed by atoms with Crippen molar-refractivity contribution in [2.75, 3.05) is 0 Å². The van der Waals surface area contributed by atoms with Crippen LogP contribution in [0.4, 0.5) is 0 Å². The fourth-order valence-electron chi connectivity index (χ4n) is 3.50. The lowest BCUT2D eigenvalue weighted by molar-refractivity contribution is -0.142. The number of nitrogens with zero attached hydrogens (tertiary/aromatic N) is 1. The lowest BCUT2D eigenvalue weighted by atomic mass is 9.89. The second-order valence-corrected chi connectivity index (χ2v) is 6.51. The van der Waals surface area contributed by atoms with E-state index in [0.29, 0.717) is 12.0 Å². The topological polar surface area (TPSA) is 57.6 Å². The number of carbonyl (C=O) groups is 2. The fraction of sp³-hybridized carbons (Fsp3) is 0.467. The quantitative estimate of drug-likeness (QED) is 0.902. The number of aliphatic carboxylic acids is 1. The number of fused-ring (bicyclic) bond motifs is 2. The molecule has 106 valence electrons. The second kappa shape index (κ2) is 4.88. The molecule has 4 nitrogen and oxygen atoms in total. The van der Waals surface area contributed by atoms with E-state index in [0.717, 1.165) is 22.9 Å². The molecule has 1 aromatic carbocycles. The van der Waals surface area contributed by atoms with Crippen LogP contribution in [-0.4, -0.2) is 34.0 Å². The largest absolute Gasteiger partial charge is 0.481 e. The molecule has 20 heavy (non-hydrogen) atoms. The Labute approximate surface area is 125 Å². The molecule has 2 saturated heterocycles. The smallest absolute Gasteiger partial charge is 0.308 e. The Hall–Kier alpha value is -1.36. The normalized spacial score (nSPS) is 27.9. The first-order chi connectivity index (χ1) is 9.49. The van der Waals surface area contributed by atoms with Gasteiger partial charge in [0.15, 0.2) is 0 Å². The number of amides is 1. The van der Waals surface area contributed by atoms with E-state index in [-0.39, 0.29) is 18.0 Å². The molecule has 3 rings (SSSR count). The number of carbonyl (C=O) groups excluding carboxylic acids is 1. The van der Waals surface area contributed by atoms with Crippen LogP contribution >= 0.6 is 15.9 Å². The average molecular weight is 338 g/mol. The number of benzene rings is 1. The molecule has 2 heterocycles. The highest BCUT2D eigenvalue weighted by Crippen LogP contribution is 2.42. The molecule has 5 heteroatoms. The third kappa shape index (κ3) is 2.04. The molecule has 0 spiro atoms. The van der Waals surface area contributed by atoms with Crippen molar-refractivity contribution in [3.63, 3.8) is 0 Å². The number of halogens is 1. The standard InChI is InChI=1S/C15H16BrNO3/c1-8-6-9(2-4-12(8)16)14(18)17-10-3-5-13(17)11(7-10)15(19)20/h2,4,6,10-11,13H,3,5,7H2,1H3,(H,19,20). The first-order valence-corrected chi connectivity index (χ1v) is 7.60. The predicted molar refractivity (Wildman–Crippen MR) is 77.6 cm³/mol. The molecular weight excluding hydrogens is 322 g/mol. The van der Waals surface area contributed by atoms with Gasteiger partial charge in [-0.05, 0) is 49.9 Å². The van der Waals surface area contributed by atoms with Gasteiger partial charge in [0.05, 0.1) is 5.92 Å². The highest BCUT2D eigenvalue weighted by atomic mass is 79.9. The number of rotatable bonds is 2. The van der Waals surface area contributed by atoms with Gasteiger partial charge in [-0.1, -0.05) is 15.9 Å². The zero-order chi connectivity index (χ0) is 14.4. The number of carboxylic acid groups (broad SMARTS) is 1. The minimum Gasteiger partial charge on any atom is -0.481 e. The van der Waals surface area contributed by atoms with Crippen molar-refractivity contribution in [2.24, 2.45) is 5.92 Å². The molecule has 2 aliphatic heterocycles. The van der Waals surface area contributed by atoms with Crippen LogP contribution in [0, 0.1) is 12.8 Å². The molecular formula is C15H16BrNO3. The van der Waals surface area contributed by atoms with Gasteiger partial charge >= 0.3 is 5.97 Å². The number of hydrogen-bond donors (Lipinski definition) is 1. The van der Waals surface area contributed by atoms with E-state index < -0.39 is 11.9 Å². The molecule has 2 fully saturated rings. The van der Waals surface area contributed by atoms with Crippen molar-refractivity contribution in [3.05, 3.63) is 33.8 Å². The van der Waals surface area contributed by atoms with Crippen LogP contribution in [0.5, 0.6) is 0 Å². The number of aryl methyl sites for hydroxylation is 1. The van der Waals surface area contributed by atoms with E-state index in [2.05, 4.69) is 15.9 Å². The molecule has 2 bridgehead atoms. The Morgan fingerprint density at radius 2 is 2.10 bits per heavy atom. The van der Waals surface area contributed by atoms with E-state index in [1.807, 2.05) is 24.0 Å². The molecule has 3 unspecified atom stereocenters. The molecule has 0 aromatic heterocycles. The zero-order valence-corrected chi connectivity index (χ0v) is 12.8. The van der Waals surface area contributed by atoms with E-state index in [9.17, 15) is 14.7 Å². The van der Waals surface area contributed by atoms with Crippen LogP contribution in [0.15, 0.2) is 22.7 Å². The summed E-state index contributed by atoms with van der Waals surface area (Å²) in [4.78, 5) is 25.7. The maximum Gasteiger partial charge on any atom is 0.308 e. The summed E-state index contributed by atoms with van der Waals surface area (Å²) < 4.78 is 0.974. The minimum atomic E-state index is -0.776. The third-order valence-electron chi connectivity index (χ3n) is 4.49. The average Bonchev–Trinajstić information content (AvgIpc) is 2.98. The minimum absolute atomic E-state index is 0.0307. The van der Waals surface area contributed by atoms with Crippen molar-refractivity contribution >= 4 is 27.8 Å². The highest BCUT2D eigenvalue weighted by molar-refractivity contribution is 9.10. The maximum atomic E-state index is 12.7. The summed E-state index contributed by atoms with van der Waals surface area (Å²) in [6.45, 7) is 1.94. The highest BCUT2D eigenvalue weighted by Gasteiger charge is 2.51. The Bertz CT molecular complexity index is 586. The molecule has 1 N–H and O–H groups in total. The number of carboxylic acids is 1. The summed E-state index contributed by atoms with van der Waals surface area (Å²) in [5.74, 6) is -1.20.